The van der Waals surface area contributed by atoms with E-state index in [1.807, 2.05) is 24.3 Å². The van der Waals surface area contributed by atoms with Crippen LogP contribution in [0.4, 0.5) is 10.3 Å². The molecule has 1 fully saturated rings. The first-order valence-corrected chi connectivity index (χ1v) is 12.3. The molecule has 1 saturated heterocycles. The minimum absolute atomic E-state index is 0.0587. The Morgan fingerprint density at radius 2 is 1.72 bits per heavy atom. The summed E-state index contributed by atoms with van der Waals surface area (Å²) in [6.45, 7) is 6.24. The zero-order valence-electron chi connectivity index (χ0n) is 22.2. The quantitative estimate of drug-likeness (QED) is 0.197. The van der Waals surface area contributed by atoms with E-state index in [9.17, 15) is 19.1 Å². The van der Waals surface area contributed by atoms with E-state index in [4.69, 9.17) is 9.47 Å². The number of amides is 1. The predicted molar refractivity (Wildman–Crippen MR) is 146 cm³/mol. The first-order chi connectivity index (χ1) is 18.5. The van der Waals surface area contributed by atoms with Crippen molar-refractivity contribution in [3.8, 4) is 11.5 Å². The zero-order chi connectivity index (χ0) is 28.1. The number of halogens is 1. The third-order valence-corrected chi connectivity index (χ3v) is 6.86. The topological polar surface area (TPSA) is 105 Å². The number of nitrogens with one attached hydrogen (secondary N) is 1. The second kappa shape index (κ2) is 9.58. The maximum Gasteiger partial charge on any atom is 0.302 e. The van der Waals surface area contributed by atoms with Crippen molar-refractivity contribution < 1.29 is 28.6 Å². The molecule has 1 amide bonds. The Balaban J connectivity index is 1.73. The normalized spacial score (nSPS) is 17.2. The second-order valence-electron chi connectivity index (χ2n) is 10.3. The molecule has 0 radical (unpaired) electrons. The molecule has 5 rings (SSSR count). The Morgan fingerprint density at radius 1 is 1.00 bits per heavy atom. The van der Waals surface area contributed by atoms with E-state index >= 15 is 0 Å². The minimum Gasteiger partial charge on any atom is -0.507 e. The van der Waals surface area contributed by atoms with Crippen molar-refractivity contribution in [3.05, 3.63) is 88.7 Å². The van der Waals surface area contributed by atoms with Crippen LogP contribution < -0.4 is 14.4 Å². The van der Waals surface area contributed by atoms with Crippen LogP contribution in [0.25, 0.3) is 16.8 Å². The molecule has 0 bridgehead atoms. The maximum atomic E-state index is 13.9. The van der Waals surface area contributed by atoms with Crippen molar-refractivity contribution in [1.82, 2.24) is 9.97 Å². The number of carbonyl (C=O) groups excluding carboxylic acids is 2. The van der Waals surface area contributed by atoms with Crippen molar-refractivity contribution in [2.24, 2.45) is 0 Å². The van der Waals surface area contributed by atoms with Crippen molar-refractivity contribution in [2.75, 3.05) is 19.1 Å². The third kappa shape index (κ3) is 4.50. The van der Waals surface area contributed by atoms with Crippen LogP contribution in [-0.2, 0) is 15.0 Å². The molecule has 2 heterocycles. The fraction of sp³-hybridized carbons (Fsp3) is 0.233. The summed E-state index contributed by atoms with van der Waals surface area (Å²) in [5.74, 6) is -1.83. The van der Waals surface area contributed by atoms with Crippen LogP contribution in [0.2, 0.25) is 0 Å². The molecule has 0 aliphatic carbocycles. The summed E-state index contributed by atoms with van der Waals surface area (Å²) in [7, 11) is 2.93. The number of Topliss-reactive ketones (excluding diaryl/α,β-unsaturated/α-hetero) is 1. The minimum atomic E-state index is -1.02. The van der Waals surface area contributed by atoms with Gasteiger partial charge in [0.05, 0.1) is 42.4 Å². The lowest BCUT2D eigenvalue weighted by Gasteiger charge is -2.25. The average molecular weight is 530 g/mol. The summed E-state index contributed by atoms with van der Waals surface area (Å²) in [6.07, 6.45) is 0. The van der Waals surface area contributed by atoms with Crippen LogP contribution in [0.5, 0.6) is 11.5 Å². The lowest BCUT2D eigenvalue weighted by atomic mass is 9.85. The first-order valence-electron chi connectivity index (χ1n) is 12.3. The van der Waals surface area contributed by atoms with Gasteiger partial charge in [0, 0.05) is 6.07 Å². The fourth-order valence-corrected chi connectivity index (χ4v) is 4.75. The van der Waals surface area contributed by atoms with Crippen LogP contribution in [0.1, 0.15) is 43.5 Å². The monoisotopic (exact) mass is 529 g/mol. The van der Waals surface area contributed by atoms with Crippen molar-refractivity contribution in [1.29, 1.82) is 0 Å². The number of benzene rings is 3. The molecule has 9 heteroatoms. The second-order valence-corrected chi connectivity index (χ2v) is 10.3. The summed E-state index contributed by atoms with van der Waals surface area (Å²) >= 11 is 0. The number of imidazole rings is 1. The van der Waals surface area contributed by atoms with Crippen LogP contribution in [0, 0.1) is 5.82 Å². The SMILES string of the molecule is COc1ccc(/C(O)=C2\C(=O)C(=O)N(c3nc4ccc(F)cc4[nH]3)C2c2ccc(C(C)(C)C)cc2)c(OC)c1. The number of fused-ring (bicyclic) bond motifs is 1. The highest BCUT2D eigenvalue weighted by molar-refractivity contribution is 6.51. The van der Waals surface area contributed by atoms with Crippen molar-refractivity contribution in [2.45, 2.75) is 32.2 Å². The third-order valence-electron chi connectivity index (χ3n) is 6.86. The van der Waals surface area contributed by atoms with Gasteiger partial charge >= 0.3 is 5.91 Å². The van der Waals surface area contributed by atoms with E-state index in [0.717, 1.165) is 5.56 Å². The van der Waals surface area contributed by atoms with E-state index in [-0.39, 0.29) is 28.2 Å². The molecule has 0 saturated carbocycles. The lowest BCUT2D eigenvalue weighted by molar-refractivity contribution is -0.132. The number of aliphatic hydroxyl groups excluding tert-OH is 1. The number of anilines is 1. The van der Waals surface area contributed by atoms with Crippen LogP contribution in [0.3, 0.4) is 0 Å². The molecule has 1 atom stereocenters. The number of hydrogen-bond acceptors (Lipinski definition) is 6. The Morgan fingerprint density at radius 3 is 2.36 bits per heavy atom. The number of H-pyrrole nitrogens is 1. The maximum absolute atomic E-state index is 13.9. The summed E-state index contributed by atoms with van der Waals surface area (Å²) < 4.78 is 24.6. The summed E-state index contributed by atoms with van der Waals surface area (Å²) in [4.78, 5) is 35.7. The average Bonchev–Trinajstić information content (AvgIpc) is 3.44. The van der Waals surface area contributed by atoms with Gasteiger partial charge in [0.25, 0.3) is 5.78 Å². The molecule has 4 aromatic rings. The smallest absolute Gasteiger partial charge is 0.302 e. The number of carbonyl (C=O) groups is 2. The Hall–Kier alpha value is -4.66. The van der Waals surface area contributed by atoms with E-state index < -0.39 is 29.3 Å². The molecule has 1 aliphatic heterocycles. The number of aromatic amines is 1. The zero-order valence-corrected chi connectivity index (χ0v) is 22.2. The highest BCUT2D eigenvalue weighted by atomic mass is 19.1. The molecule has 200 valence electrons. The standard InChI is InChI=1S/C30H28FN3O5/c1-30(2,3)17-8-6-16(7-9-17)25-24(26(35)20-12-11-19(38-4)15-23(20)39-5)27(36)28(37)34(25)29-32-21-13-10-18(31)14-22(21)33-29/h6-15,25,35H,1-5H3,(H,32,33)/b26-24+. The summed E-state index contributed by atoms with van der Waals surface area (Å²) in [5.41, 5.74) is 2.40. The van der Waals surface area contributed by atoms with E-state index in [1.54, 1.807) is 18.2 Å². The Bertz CT molecular complexity index is 1630. The molecular formula is C30H28FN3O5. The van der Waals surface area contributed by atoms with Crippen LogP contribution in [0.15, 0.2) is 66.2 Å². The highest BCUT2D eigenvalue weighted by Crippen LogP contribution is 2.43. The van der Waals surface area contributed by atoms with Gasteiger partial charge in [-0.1, -0.05) is 45.0 Å². The number of hydrogen-bond donors (Lipinski definition) is 2. The molecule has 3 aromatic carbocycles. The van der Waals surface area contributed by atoms with Crippen molar-refractivity contribution in [3.63, 3.8) is 0 Å². The van der Waals surface area contributed by atoms with Gasteiger partial charge < -0.3 is 19.6 Å². The molecule has 39 heavy (non-hydrogen) atoms. The summed E-state index contributed by atoms with van der Waals surface area (Å²) in [5, 5.41) is 11.5. The van der Waals surface area contributed by atoms with Gasteiger partial charge in [-0.25, -0.2) is 9.37 Å². The molecular weight excluding hydrogens is 501 g/mol. The number of ketones is 1. The Kier molecular flexibility index (Phi) is 6.38. The molecule has 1 aromatic heterocycles. The van der Waals surface area contributed by atoms with Gasteiger partial charge in [-0.3, -0.25) is 14.5 Å². The van der Waals surface area contributed by atoms with Gasteiger partial charge in [0.2, 0.25) is 5.95 Å². The van der Waals surface area contributed by atoms with E-state index in [0.29, 0.717) is 22.3 Å². The largest absolute Gasteiger partial charge is 0.507 e. The van der Waals surface area contributed by atoms with Gasteiger partial charge in [-0.05, 0) is 46.9 Å². The number of rotatable bonds is 5. The number of nitrogens with zero attached hydrogens (tertiary/aromatic N) is 2. The highest BCUT2D eigenvalue weighted by Gasteiger charge is 2.48. The number of aromatic nitrogens is 2. The fourth-order valence-electron chi connectivity index (χ4n) is 4.75. The van der Waals surface area contributed by atoms with Gasteiger partial charge in [-0.15, -0.1) is 0 Å². The van der Waals surface area contributed by atoms with E-state index in [1.165, 1.54) is 37.3 Å². The van der Waals surface area contributed by atoms with Crippen LogP contribution in [-0.4, -0.2) is 41.0 Å². The summed E-state index contributed by atoms with van der Waals surface area (Å²) in [6, 6.07) is 15.3. The van der Waals surface area contributed by atoms with Crippen LogP contribution >= 0.6 is 0 Å². The molecule has 1 unspecified atom stereocenters. The molecule has 2 N–H and O–H groups in total. The number of ether oxygens (including phenoxy) is 2. The van der Waals surface area contributed by atoms with E-state index in [2.05, 4.69) is 30.7 Å². The lowest BCUT2D eigenvalue weighted by Crippen LogP contribution is -2.30. The Labute approximate surface area is 224 Å². The number of methoxy groups -OCH3 is 2. The molecule has 1 aliphatic rings. The van der Waals surface area contributed by atoms with Gasteiger partial charge in [0.1, 0.15) is 23.1 Å². The van der Waals surface area contributed by atoms with Crippen molar-refractivity contribution >= 4 is 34.4 Å². The van der Waals surface area contributed by atoms with Gasteiger partial charge in [0.15, 0.2) is 0 Å². The molecule has 8 nitrogen and oxygen atoms in total. The molecule has 0 spiro atoms. The first kappa shape index (κ1) is 26.0. The number of aliphatic hydroxyl groups is 1. The predicted octanol–water partition coefficient (Wildman–Crippen LogP) is 5.64. The van der Waals surface area contributed by atoms with Gasteiger partial charge in [-0.2, -0.15) is 0 Å².